The van der Waals surface area contributed by atoms with E-state index in [2.05, 4.69) is 9.71 Å². The molecule has 1 aromatic heterocycles. The molecule has 0 aliphatic heterocycles. The molecule has 1 amide bonds. The highest BCUT2D eigenvalue weighted by Crippen LogP contribution is 2.06. The summed E-state index contributed by atoms with van der Waals surface area (Å²) < 4.78 is 26.7. The number of nitrogens with zero attached hydrogens (tertiary/aromatic N) is 2. The Kier molecular flexibility index (Phi) is 7.71. The van der Waals surface area contributed by atoms with Crippen LogP contribution in [-0.2, 0) is 21.2 Å². The van der Waals surface area contributed by atoms with Crippen LogP contribution in [-0.4, -0.2) is 50.4 Å². The van der Waals surface area contributed by atoms with Gasteiger partial charge in [-0.1, -0.05) is 30.3 Å². The van der Waals surface area contributed by atoms with Crippen LogP contribution in [0.3, 0.4) is 0 Å². The summed E-state index contributed by atoms with van der Waals surface area (Å²) in [6.07, 6.45) is 3.58. The van der Waals surface area contributed by atoms with Crippen molar-refractivity contribution in [2.45, 2.75) is 17.7 Å². The molecule has 0 atom stereocenters. The van der Waals surface area contributed by atoms with Crippen LogP contribution >= 0.6 is 0 Å². The zero-order valence-electron chi connectivity index (χ0n) is 14.5. The number of pyridine rings is 1. The summed E-state index contributed by atoms with van der Waals surface area (Å²) in [7, 11) is -3.66. The van der Waals surface area contributed by atoms with Crippen LogP contribution in [0.5, 0.6) is 0 Å². The largest absolute Gasteiger partial charge is 0.341 e. The van der Waals surface area contributed by atoms with Gasteiger partial charge >= 0.3 is 0 Å². The first kappa shape index (κ1) is 20.0. The lowest BCUT2D eigenvalue weighted by Gasteiger charge is -2.22. The predicted molar refractivity (Wildman–Crippen MR) is 99.8 cm³/mol. The van der Waals surface area contributed by atoms with E-state index in [9.17, 15) is 13.2 Å². The number of aromatic nitrogens is 1. The molecule has 0 unspecified atom stereocenters. The molecule has 2 aromatic rings. The molecule has 8 heteroatoms. The maximum absolute atomic E-state index is 12.4. The number of hydrogen-bond acceptors (Lipinski definition) is 5. The highest BCUT2D eigenvalue weighted by atomic mass is 32.2. The summed E-state index contributed by atoms with van der Waals surface area (Å²) in [5.41, 5.74) is 6.74. The van der Waals surface area contributed by atoms with Gasteiger partial charge in [-0.05, 0) is 24.1 Å². The molecule has 26 heavy (non-hydrogen) atoms. The normalized spacial score (nSPS) is 11.3. The van der Waals surface area contributed by atoms with Crippen molar-refractivity contribution in [1.29, 1.82) is 0 Å². The van der Waals surface area contributed by atoms with Crippen LogP contribution in [0.4, 0.5) is 0 Å². The number of rotatable bonds is 10. The Labute approximate surface area is 154 Å². The van der Waals surface area contributed by atoms with Crippen molar-refractivity contribution in [3.63, 3.8) is 0 Å². The van der Waals surface area contributed by atoms with E-state index in [1.807, 2.05) is 30.3 Å². The molecule has 0 aliphatic rings. The molecular weight excluding hydrogens is 352 g/mol. The van der Waals surface area contributed by atoms with Gasteiger partial charge in [-0.15, -0.1) is 0 Å². The average Bonchev–Trinajstić information content (AvgIpc) is 2.66. The van der Waals surface area contributed by atoms with Gasteiger partial charge in [0.25, 0.3) is 0 Å². The first-order chi connectivity index (χ1) is 12.5. The number of hydrogen-bond donors (Lipinski definition) is 2. The second-order valence-electron chi connectivity index (χ2n) is 5.74. The zero-order chi connectivity index (χ0) is 18.8. The predicted octanol–water partition coefficient (Wildman–Crippen LogP) is 0.780. The fourth-order valence-corrected chi connectivity index (χ4v) is 3.46. The first-order valence-corrected chi connectivity index (χ1v) is 9.92. The van der Waals surface area contributed by atoms with Crippen molar-refractivity contribution in [3.05, 3.63) is 60.4 Å². The monoisotopic (exact) mass is 376 g/mol. The molecule has 1 heterocycles. The minimum atomic E-state index is -3.66. The number of sulfonamides is 1. The van der Waals surface area contributed by atoms with Crippen molar-refractivity contribution in [3.8, 4) is 0 Å². The van der Waals surface area contributed by atoms with Gasteiger partial charge in [-0.2, -0.15) is 0 Å². The molecule has 2 rings (SSSR count). The third kappa shape index (κ3) is 6.21. The average molecular weight is 376 g/mol. The maximum Gasteiger partial charge on any atom is 0.242 e. The van der Waals surface area contributed by atoms with Crippen molar-refractivity contribution in [1.82, 2.24) is 14.6 Å². The fraction of sp³-hybridized carbons (Fsp3) is 0.333. The van der Waals surface area contributed by atoms with Gasteiger partial charge < -0.3 is 10.6 Å². The summed E-state index contributed by atoms with van der Waals surface area (Å²) in [4.78, 5) is 17.9. The zero-order valence-corrected chi connectivity index (χ0v) is 15.4. The van der Waals surface area contributed by atoms with Crippen molar-refractivity contribution in [2.24, 2.45) is 5.73 Å². The van der Waals surface area contributed by atoms with Gasteiger partial charge in [0, 0.05) is 45.0 Å². The number of carbonyl (C=O) groups is 1. The smallest absolute Gasteiger partial charge is 0.242 e. The molecule has 0 bridgehead atoms. The number of nitrogens with two attached hydrogens (primary N) is 1. The number of nitrogens with one attached hydrogen (secondary N) is 1. The Hall–Kier alpha value is -2.29. The minimum Gasteiger partial charge on any atom is -0.341 e. The van der Waals surface area contributed by atoms with Crippen LogP contribution < -0.4 is 10.5 Å². The molecule has 0 aliphatic carbocycles. The lowest BCUT2D eigenvalue weighted by Crippen LogP contribution is -2.38. The standard InChI is InChI=1S/C18H24N4O3S/c19-10-14-22(13-9-16-5-2-1-3-6-16)18(23)8-12-21-26(24,25)17-7-4-11-20-15-17/h1-7,11,15,21H,8-10,12-14,19H2. The second-order valence-corrected chi connectivity index (χ2v) is 7.51. The molecule has 0 fully saturated rings. The van der Waals surface area contributed by atoms with Gasteiger partial charge in [0.05, 0.1) is 0 Å². The molecule has 0 radical (unpaired) electrons. The summed E-state index contributed by atoms with van der Waals surface area (Å²) in [6, 6.07) is 12.9. The van der Waals surface area contributed by atoms with E-state index in [0.717, 1.165) is 12.0 Å². The Morgan fingerprint density at radius 2 is 1.88 bits per heavy atom. The summed E-state index contributed by atoms with van der Waals surface area (Å²) in [5.74, 6) is -0.125. The Morgan fingerprint density at radius 3 is 2.54 bits per heavy atom. The topological polar surface area (TPSA) is 105 Å². The lowest BCUT2D eigenvalue weighted by molar-refractivity contribution is -0.130. The number of benzene rings is 1. The van der Waals surface area contributed by atoms with Gasteiger partial charge in [0.15, 0.2) is 0 Å². The van der Waals surface area contributed by atoms with E-state index in [4.69, 9.17) is 5.73 Å². The van der Waals surface area contributed by atoms with E-state index in [0.29, 0.717) is 19.6 Å². The van der Waals surface area contributed by atoms with E-state index in [-0.39, 0.29) is 23.8 Å². The highest BCUT2D eigenvalue weighted by molar-refractivity contribution is 7.89. The van der Waals surface area contributed by atoms with Crippen molar-refractivity contribution in [2.75, 3.05) is 26.2 Å². The van der Waals surface area contributed by atoms with Crippen molar-refractivity contribution >= 4 is 15.9 Å². The SMILES string of the molecule is NCCN(CCc1ccccc1)C(=O)CCNS(=O)(=O)c1cccnc1. The molecular formula is C18H24N4O3S. The van der Waals surface area contributed by atoms with Gasteiger partial charge in [-0.3, -0.25) is 9.78 Å². The van der Waals surface area contributed by atoms with Crippen LogP contribution in [0.25, 0.3) is 0 Å². The molecule has 0 saturated carbocycles. The van der Waals surface area contributed by atoms with Gasteiger partial charge in [0.2, 0.25) is 15.9 Å². The summed E-state index contributed by atoms with van der Waals surface area (Å²) >= 11 is 0. The van der Waals surface area contributed by atoms with Crippen LogP contribution in [0.1, 0.15) is 12.0 Å². The molecule has 3 N–H and O–H groups in total. The third-order valence-corrected chi connectivity index (χ3v) is 5.29. The van der Waals surface area contributed by atoms with E-state index in [1.54, 1.807) is 11.0 Å². The first-order valence-electron chi connectivity index (χ1n) is 8.44. The minimum absolute atomic E-state index is 0.0302. The highest BCUT2D eigenvalue weighted by Gasteiger charge is 2.16. The summed E-state index contributed by atoms with van der Waals surface area (Å²) in [6.45, 7) is 1.39. The third-order valence-electron chi connectivity index (χ3n) is 3.84. The molecule has 7 nitrogen and oxygen atoms in total. The Balaban J connectivity index is 1.85. The van der Waals surface area contributed by atoms with Gasteiger partial charge in [-0.25, -0.2) is 13.1 Å². The van der Waals surface area contributed by atoms with E-state index < -0.39 is 10.0 Å². The fourth-order valence-electron chi connectivity index (χ4n) is 2.47. The van der Waals surface area contributed by atoms with Crippen LogP contribution in [0, 0.1) is 0 Å². The quantitative estimate of drug-likeness (QED) is 0.637. The molecule has 0 spiro atoms. The van der Waals surface area contributed by atoms with Crippen LogP contribution in [0.15, 0.2) is 59.8 Å². The molecule has 0 saturated heterocycles. The number of carbonyl (C=O) groups excluding carboxylic acids is 1. The van der Waals surface area contributed by atoms with Crippen LogP contribution in [0.2, 0.25) is 0 Å². The Morgan fingerprint density at radius 1 is 1.12 bits per heavy atom. The van der Waals surface area contributed by atoms with E-state index >= 15 is 0 Å². The van der Waals surface area contributed by atoms with E-state index in [1.165, 1.54) is 18.5 Å². The van der Waals surface area contributed by atoms with Gasteiger partial charge in [0.1, 0.15) is 4.90 Å². The second kappa shape index (κ2) is 10.0. The lowest BCUT2D eigenvalue weighted by atomic mass is 10.1. The number of amides is 1. The van der Waals surface area contributed by atoms with Crippen molar-refractivity contribution < 1.29 is 13.2 Å². The Bertz CT molecular complexity index is 783. The summed E-state index contributed by atoms with van der Waals surface area (Å²) in [5, 5.41) is 0. The molecule has 140 valence electrons. The molecule has 1 aromatic carbocycles. The maximum atomic E-state index is 12.4.